The van der Waals surface area contributed by atoms with Crippen LogP contribution in [0.2, 0.25) is 0 Å². The molecule has 0 bridgehead atoms. The second-order valence-electron chi connectivity index (χ2n) is 7.26. The van der Waals surface area contributed by atoms with Gasteiger partial charge in [-0.25, -0.2) is 9.97 Å². The van der Waals surface area contributed by atoms with E-state index in [1.165, 1.54) is 0 Å². The molecule has 5 rings (SSSR count). The molecule has 3 aromatic rings. The van der Waals surface area contributed by atoms with Crippen molar-refractivity contribution in [1.29, 1.82) is 10.8 Å². The third kappa shape index (κ3) is 2.93. The van der Waals surface area contributed by atoms with Gasteiger partial charge in [0.1, 0.15) is 23.4 Å². The number of nitrogens with one attached hydrogen (secondary N) is 2. The maximum atomic E-state index is 8.59. The Kier molecular flexibility index (Phi) is 4.48. The standard InChI is InChI=1S/C22H21N7O/c1-14(23)29-17-12-26-21(27-22(17)28-10-11-30-13-18(28)20(29)24)16-8-5-9-25-19(16)15-6-3-2-4-7-15/h2-9,12,18,23-24H,10-11,13H2,1H3. The van der Waals surface area contributed by atoms with Gasteiger partial charge in [-0.1, -0.05) is 30.3 Å². The van der Waals surface area contributed by atoms with E-state index in [2.05, 4.69) is 14.9 Å². The molecule has 1 saturated heterocycles. The normalized spacial score (nSPS) is 18.0. The molecule has 8 nitrogen and oxygen atoms in total. The number of morpholine rings is 1. The van der Waals surface area contributed by atoms with E-state index in [0.717, 1.165) is 22.6 Å². The summed E-state index contributed by atoms with van der Waals surface area (Å²) in [5.74, 6) is 1.87. The number of ether oxygens (including phenoxy) is 1. The molecular formula is C22H21N7O. The fraction of sp³-hybridized carbons (Fsp3) is 0.227. The third-order valence-electron chi connectivity index (χ3n) is 5.38. The Bertz CT molecular complexity index is 1130. The summed E-state index contributed by atoms with van der Waals surface area (Å²) in [5.41, 5.74) is 3.31. The Labute approximate surface area is 174 Å². The Morgan fingerprint density at radius 3 is 2.77 bits per heavy atom. The molecule has 2 N–H and O–H groups in total. The number of fused-ring (bicyclic) bond motifs is 3. The van der Waals surface area contributed by atoms with Gasteiger partial charge in [-0.3, -0.25) is 20.7 Å². The minimum absolute atomic E-state index is 0.258. The average molecular weight is 399 g/mol. The third-order valence-corrected chi connectivity index (χ3v) is 5.38. The molecule has 0 spiro atoms. The highest BCUT2D eigenvalue weighted by Crippen LogP contribution is 2.38. The van der Waals surface area contributed by atoms with Crippen molar-refractivity contribution in [2.24, 2.45) is 0 Å². The number of nitrogens with zero attached hydrogens (tertiary/aromatic N) is 5. The Morgan fingerprint density at radius 1 is 1.13 bits per heavy atom. The molecule has 4 heterocycles. The van der Waals surface area contributed by atoms with E-state index in [1.54, 1.807) is 24.2 Å². The Morgan fingerprint density at radius 2 is 1.97 bits per heavy atom. The SMILES string of the molecule is CC(=N)N1C(=N)C2COCCN2c2nc(-c3cccnc3-c3ccccc3)ncc21. The first-order chi connectivity index (χ1) is 14.6. The molecule has 2 aromatic heterocycles. The van der Waals surface area contributed by atoms with Crippen molar-refractivity contribution in [2.45, 2.75) is 13.0 Å². The minimum Gasteiger partial charge on any atom is -0.377 e. The molecule has 1 aromatic carbocycles. The van der Waals surface area contributed by atoms with E-state index >= 15 is 0 Å². The van der Waals surface area contributed by atoms with Gasteiger partial charge in [-0.2, -0.15) is 0 Å². The van der Waals surface area contributed by atoms with E-state index in [4.69, 9.17) is 20.5 Å². The van der Waals surface area contributed by atoms with Gasteiger partial charge in [0.05, 0.1) is 25.1 Å². The highest BCUT2D eigenvalue weighted by molar-refractivity contribution is 6.22. The summed E-state index contributed by atoms with van der Waals surface area (Å²) in [7, 11) is 0. The van der Waals surface area contributed by atoms with Crippen molar-refractivity contribution in [2.75, 3.05) is 29.6 Å². The molecule has 2 aliphatic heterocycles. The lowest BCUT2D eigenvalue weighted by atomic mass is 10.0. The lowest BCUT2D eigenvalue weighted by Crippen LogP contribution is -2.59. The summed E-state index contributed by atoms with van der Waals surface area (Å²) in [6.07, 6.45) is 3.47. The largest absolute Gasteiger partial charge is 0.377 e. The lowest BCUT2D eigenvalue weighted by molar-refractivity contribution is 0.109. The maximum Gasteiger partial charge on any atom is 0.163 e. The number of hydrogen-bond donors (Lipinski definition) is 2. The number of hydrogen-bond acceptors (Lipinski definition) is 7. The molecule has 30 heavy (non-hydrogen) atoms. The number of aromatic nitrogens is 3. The molecule has 0 amide bonds. The monoisotopic (exact) mass is 399 g/mol. The van der Waals surface area contributed by atoms with Crippen LogP contribution >= 0.6 is 0 Å². The highest BCUT2D eigenvalue weighted by atomic mass is 16.5. The molecule has 1 fully saturated rings. The van der Waals surface area contributed by atoms with Crippen LogP contribution in [-0.2, 0) is 4.74 Å². The summed E-state index contributed by atoms with van der Waals surface area (Å²) in [4.78, 5) is 17.8. The molecule has 150 valence electrons. The maximum absolute atomic E-state index is 8.59. The van der Waals surface area contributed by atoms with Crippen molar-refractivity contribution in [3.8, 4) is 22.6 Å². The molecular weight excluding hydrogens is 378 g/mol. The van der Waals surface area contributed by atoms with E-state index in [-0.39, 0.29) is 11.9 Å². The van der Waals surface area contributed by atoms with Gasteiger partial charge in [-0.05, 0) is 19.1 Å². The van der Waals surface area contributed by atoms with Crippen LogP contribution in [0.3, 0.4) is 0 Å². The summed E-state index contributed by atoms with van der Waals surface area (Å²) in [6.45, 7) is 3.29. The fourth-order valence-electron chi connectivity index (χ4n) is 4.00. The Balaban J connectivity index is 1.67. The van der Waals surface area contributed by atoms with E-state index in [0.29, 0.717) is 37.1 Å². The first kappa shape index (κ1) is 18.4. The van der Waals surface area contributed by atoms with Gasteiger partial charge in [-0.15, -0.1) is 0 Å². The van der Waals surface area contributed by atoms with E-state index in [9.17, 15) is 0 Å². The van der Waals surface area contributed by atoms with Crippen LogP contribution in [0.25, 0.3) is 22.6 Å². The summed E-state index contributed by atoms with van der Waals surface area (Å²) in [5, 5.41) is 16.8. The second-order valence-corrected chi connectivity index (χ2v) is 7.26. The van der Waals surface area contributed by atoms with Gasteiger partial charge in [0.2, 0.25) is 0 Å². The van der Waals surface area contributed by atoms with E-state index < -0.39 is 0 Å². The predicted octanol–water partition coefficient (Wildman–Crippen LogP) is 3.21. The molecule has 1 unspecified atom stereocenters. The molecule has 0 radical (unpaired) electrons. The van der Waals surface area contributed by atoms with Crippen LogP contribution in [-0.4, -0.2) is 52.4 Å². The number of benzene rings is 1. The highest BCUT2D eigenvalue weighted by Gasteiger charge is 2.40. The number of anilines is 2. The topological polar surface area (TPSA) is 102 Å². The van der Waals surface area contributed by atoms with Crippen LogP contribution in [0.4, 0.5) is 11.5 Å². The van der Waals surface area contributed by atoms with Gasteiger partial charge < -0.3 is 9.64 Å². The molecule has 0 saturated carbocycles. The summed E-state index contributed by atoms with van der Waals surface area (Å²) < 4.78 is 5.61. The minimum atomic E-state index is -0.267. The zero-order valence-electron chi connectivity index (χ0n) is 16.5. The zero-order chi connectivity index (χ0) is 20.7. The number of rotatable bonds is 2. The summed E-state index contributed by atoms with van der Waals surface area (Å²) >= 11 is 0. The van der Waals surface area contributed by atoms with Gasteiger partial charge in [0.25, 0.3) is 0 Å². The van der Waals surface area contributed by atoms with Gasteiger partial charge >= 0.3 is 0 Å². The van der Waals surface area contributed by atoms with Crippen LogP contribution < -0.4 is 9.80 Å². The predicted molar refractivity (Wildman–Crippen MR) is 116 cm³/mol. The number of pyridine rings is 1. The second kappa shape index (κ2) is 7.31. The lowest BCUT2D eigenvalue weighted by Gasteiger charge is -2.45. The summed E-state index contributed by atoms with van der Waals surface area (Å²) in [6, 6.07) is 13.6. The quantitative estimate of drug-likeness (QED) is 0.507. The van der Waals surface area contributed by atoms with Crippen molar-refractivity contribution >= 4 is 23.2 Å². The first-order valence-corrected chi connectivity index (χ1v) is 9.81. The molecule has 8 heteroatoms. The van der Waals surface area contributed by atoms with Gasteiger partial charge in [0, 0.05) is 23.9 Å². The first-order valence-electron chi connectivity index (χ1n) is 9.81. The van der Waals surface area contributed by atoms with Crippen LogP contribution in [0.1, 0.15) is 6.92 Å². The number of amidine groups is 2. The Hall–Kier alpha value is -3.65. The van der Waals surface area contributed by atoms with Crippen molar-refractivity contribution in [3.63, 3.8) is 0 Å². The van der Waals surface area contributed by atoms with Crippen molar-refractivity contribution < 1.29 is 4.74 Å². The van der Waals surface area contributed by atoms with Crippen molar-refractivity contribution in [3.05, 3.63) is 54.9 Å². The van der Waals surface area contributed by atoms with Crippen LogP contribution in [0.5, 0.6) is 0 Å². The molecule has 1 atom stereocenters. The van der Waals surface area contributed by atoms with Crippen molar-refractivity contribution in [1.82, 2.24) is 15.0 Å². The van der Waals surface area contributed by atoms with Crippen LogP contribution in [0.15, 0.2) is 54.9 Å². The van der Waals surface area contributed by atoms with E-state index in [1.807, 2.05) is 42.5 Å². The smallest absolute Gasteiger partial charge is 0.163 e. The average Bonchev–Trinajstić information content (AvgIpc) is 2.79. The van der Waals surface area contributed by atoms with Gasteiger partial charge in [0.15, 0.2) is 11.6 Å². The fourth-order valence-corrected chi connectivity index (χ4v) is 4.00. The molecule has 0 aliphatic carbocycles. The molecule has 2 aliphatic rings. The van der Waals surface area contributed by atoms with Crippen LogP contribution in [0, 0.1) is 10.8 Å². The zero-order valence-corrected chi connectivity index (χ0v) is 16.5.